The van der Waals surface area contributed by atoms with Crippen molar-refractivity contribution >= 4 is 17.2 Å². The summed E-state index contributed by atoms with van der Waals surface area (Å²) >= 11 is 0. The summed E-state index contributed by atoms with van der Waals surface area (Å²) < 4.78 is 2.06. The molecule has 1 aliphatic rings. The smallest absolute Gasteiger partial charge is 0.255 e. The normalized spacial score (nSPS) is 13.6. The van der Waals surface area contributed by atoms with Crippen LogP contribution in [0.2, 0.25) is 0 Å². The van der Waals surface area contributed by atoms with Gasteiger partial charge < -0.3 is 9.72 Å². The number of anilines is 1. The predicted octanol–water partition coefficient (Wildman–Crippen LogP) is 4.83. The van der Waals surface area contributed by atoms with Gasteiger partial charge in [-0.05, 0) is 56.2 Å². The molecule has 28 heavy (non-hydrogen) atoms. The Hall–Kier alpha value is -3.47. The number of imidazole rings is 1. The first-order valence-electron chi connectivity index (χ1n) is 9.50. The molecule has 5 heteroatoms. The van der Waals surface area contributed by atoms with Crippen LogP contribution in [0.4, 0.5) is 5.69 Å². The van der Waals surface area contributed by atoms with Crippen LogP contribution in [-0.4, -0.2) is 20.3 Å². The van der Waals surface area contributed by atoms with Crippen LogP contribution in [0.25, 0.3) is 16.9 Å². The molecule has 5 rings (SSSR count). The number of amides is 1. The van der Waals surface area contributed by atoms with Crippen LogP contribution in [-0.2, 0) is 0 Å². The molecule has 3 aromatic heterocycles. The van der Waals surface area contributed by atoms with Gasteiger partial charge in [-0.25, -0.2) is 4.98 Å². The molecule has 138 valence electrons. The minimum absolute atomic E-state index is 0.132. The minimum Gasteiger partial charge on any atom is -0.321 e. The van der Waals surface area contributed by atoms with Crippen molar-refractivity contribution in [3.63, 3.8) is 0 Å². The molecular formula is C23H20N4O. The highest BCUT2D eigenvalue weighted by Crippen LogP contribution is 2.41. The van der Waals surface area contributed by atoms with E-state index in [9.17, 15) is 4.79 Å². The first-order chi connectivity index (χ1) is 13.7. The van der Waals surface area contributed by atoms with Crippen molar-refractivity contribution in [1.82, 2.24) is 14.4 Å². The lowest BCUT2D eigenvalue weighted by molar-refractivity contribution is 0.102. The van der Waals surface area contributed by atoms with E-state index in [0.717, 1.165) is 28.3 Å². The van der Waals surface area contributed by atoms with Gasteiger partial charge in [0.05, 0.1) is 17.1 Å². The van der Waals surface area contributed by atoms with Crippen LogP contribution in [0, 0.1) is 6.92 Å². The third-order valence-corrected chi connectivity index (χ3v) is 5.22. The summed E-state index contributed by atoms with van der Waals surface area (Å²) in [5, 5.41) is 2.99. The van der Waals surface area contributed by atoms with Gasteiger partial charge in [0.15, 0.2) is 0 Å². The topological polar surface area (TPSA) is 59.3 Å². The molecule has 3 heterocycles. The fourth-order valence-electron chi connectivity index (χ4n) is 3.53. The summed E-state index contributed by atoms with van der Waals surface area (Å²) in [6.45, 7) is 2.09. The van der Waals surface area contributed by atoms with Gasteiger partial charge in [0.2, 0.25) is 0 Å². The van der Waals surface area contributed by atoms with Crippen LogP contribution in [0.5, 0.6) is 0 Å². The number of nitrogens with zero attached hydrogens (tertiary/aromatic N) is 3. The number of benzene rings is 1. The Kier molecular flexibility index (Phi) is 3.93. The number of rotatable bonds is 4. The number of aryl methyl sites for hydroxylation is 1. The summed E-state index contributed by atoms with van der Waals surface area (Å²) in [6, 6.07) is 17.1. The van der Waals surface area contributed by atoms with Crippen molar-refractivity contribution in [2.24, 2.45) is 0 Å². The largest absolute Gasteiger partial charge is 0.321 e. The summed E-state index contributed by atoms with van der Waals surface area (Å²) in [7, 11) is 0. The number of hydrogen-bond donors (Lipinski definition) is 1. The van der Waals surface area contributed by atoms with Crippen LogP contribution < -0.4 is 5.32 Å². The molecule has 0 atom stereocenters. The molecule has 5 nitrogen and oxygen atoms in total. The van der Waals surface area contributed by atoms with Crippen LogP contribution in [0.3, 0.4) is 0 Å². The highest BCUT2D eigenvalue weighted by molar-refractivity contribution is 6.04. The maximum Gasteiger partial charge on any atom is 0.255 e. The van der Waals surface area contributed by atoms with Crippen LogP contribution in [0.15, 0.2) is 67.0 Å². The van der Waals surface area contributed by atoms with Crippen molar-refractivity contribution in [1.29, 1.82) is 0 Å². The maximum atomic E-state index is 12.7. The Morgan fingerprint density at radius 1 is 1.07 bits per heavy atom. The molecule has 0 saturated heterocycles. The van der Waals surface area contributed by atoms with Gasteiger partial charge in [0.1, 0.15) is 5.65 Å². The van der Waals surface area contributed by atoms with E-state index in [0.29, 0.717) is 11.5 Å². The second-order valence-corrected chi connectivity index (χ2v) is 7.25. The fourth-order valence-corrected chi connectivity index (χ4v) is 3.53. The van der Waals surface area contributed by atoms with E-state index in [-0.39, 0.29) is 5.91 Å². The standard InChI is InChI=1S/C23H20N4O/c1-15-22(17-7-8-17)26-21-12-11-19(14-27(15)21)25-23(28)18-9-5-16(6-10-18)20-4-2-3-13-24-20/h2-6,9-14,17H,7-8H2,1H3,(H,25,28). The lowest BCUT2D eigenvalue weighted by atomic mass is 10.1. The van der Waals surface area contributed by atoms with Gasteiger partial charge >= 0.3 is 0 Å². The Bertz CT molecular complexity index is 1160. The second kappa shape index (κ2) is 6.60. The molecule has 1 aliphatic carbocycles. The summed E-state index contributed by atoms with van der Waals surface area (Å²) in [5.74, 6) is 0.475. The molecule has 0 spiro atoms. The molecule has 0 radical (unpaired) electrons. The monoisotopic (exact) mass is 368 g/mol. The van der Waals surface area contributed by atoms with Crippen LogP contribution in [0.1, 0.15) is 40.5 Å². The second-order valence-electron chi connectivity index (χ2n) is 7.25. The number of aromatic nitrogens is 3. The van der Waals surface area contributed by atoms with E-state index in [2.05, 4.69) is 21.6 Å². The zero-order chi connectivity index (χ0) is 19.1. The van der Waals surface area contributed by atoms with E-state index >= 15 is 0 Å². The van der Waals surface area contributed by atoms with Gasteiger partial charge in [-0.1, -0.05) is 18.2 Å². The number of pyridine rings is 2. The molecule has 4 aromatic rings. The lowest BCUT2D eigenvalue weighted by Gasteiger charge is -2.07. The molecule has 1 saturated carbocycles. The van der Waals surface area contributed by atoms with Crippen molar-refractivity contribution in [2.45, 2.75) is 25.7 Å². The van der Waals surface area contributed by atoms with E-state index < -0.39 is 0 Å². The molecular weight excluding hydrogens is 348 g/mol. The number of carbonyl (C=O) groups excluding carboxylic acids is 1. The molecule has 0 unspecified atom stereocenters. The molecule has 0 bridgehead atoms. The highest BCUT2D eigenvalue weighted by atomic mass is 16.1. The van der Waals surface area contributed by atoms with E-state index in [1.807, 2.05) is 60.8 Å². The van der Waals surface area contributed by atoms with Crippen molar-refractivity contribution < 1.29 is 4.79 Å². The molecule has 1 N–H and O–H groups in total. The van der Waals surface area contributed by atoms with Gasteiger partial charge in [0, 0.05) is 35.1 Å². The molecule has 1 amide bonds. The third kappa shape index (κ3) is 3.05. The van der Waals surface area contributed by atoms with Gasteiger partial charge in [0.25, 0.3) is 5.91 Å². The summed E-state index contributed by atoms with van der Waals surface area (Å²) in [4.78, 5) is 21.7. The highest BCUT2D eigenvalue weighted by Gasteiger charge is 2.28. The van der Waals surface area contributed by atoms with Gasteiger partial charge in [-0.3, -0.25) is 9.78 Å². The van der Waals surface area contributed by atoms with E-state index in [1.54, 1.807) is 6.20 Å². The third-order valence-electron chi connectivity index (χ3n) is 5.22. The summed E-state index contributed by atoms with van der Waals surface area (Å²) in [6.07, 6.45) is 6.16. The zero-order valence-electron chi connectivity index (χ0n) is 15.6. The first kappa shape index (κ1) is 16.7. The maximum absolute atomic E-state index is 12.7. The Morgan fingerprint density at radius 2 is 1.89 bits per heavy atom. The number of hydrogen-bond acceptors (Lipinski definition) is 3. The predicted molar refractivity (Wildman–Crippen MR) is 110 cm³/mol. The van der Waals surface area contributed by atoms with Crippen molar-refractivity contribution in [3.05, 3.63) is 83.9 Å². The minimum atomic E-state index is -0.132. The van der Waals surface area contributed by atoms with Crippen LogP contribution >= 0.6 is 0 Å². The fraction of sp³-hybridized carbons (Fsp3) is 0.174. The van der Waals surface area contributed by atoms with Crippen molar-refractivity contribution in [3.8, 4) is 11.3 Å². The molecule has 1 aromatic carbocycles. The Labute approximate surface area is 163 Å². The van der Waals surface area contributed by atoms with E-state index in [4.69, 9.17) is 4.98 Å². The van der Waals surface area contributed by atoms with Crippen molar-refractivity contribution in [2.75, 3.05) is 5.32 Å². The number of fused-ring (bicyclic) bond motifs is 1. The number of nitrogens with one attached hydrogen (secondary N) is 1. The SMILES string of the molecule is Cc1c(C2CC2)nc2ccc(NC(=O)c3ccc(-c4ccccn4)cc3)cn12. The zero-order valence-corrected chi connectivity index (χ0v) is 15.6. The number of carbonyl (C=O) groups is 1. The quantitative estimate of drug-likeness (QED) is 0.561. The average Bonchev–Trinajstić information content (AvgIpc) is 3.53. The van der Waals surface area contributed by atoms with E-state index in [1.165, 1.54) is 18.5 Å². The lowest BCUT2D eigenvalue weighted by Crippen LogP contribution is -2.12. The molecule has 0 aliphatic heterocycles. The van der Waals surface area contributed by atoms with Gasteiger partial charge in [-0.2, -0.15) is 0 Å². The van der Waals surface area contributed by atoms with Gasteiger partial charge in [-0.15, -0.1) is 0 Å². The Morgan fingerprint density at radius 3 is 2.61 bits per heavy atom. The first-order valence-corrected chi connectivity index (χ1v) is 9.50. The summed E-state index contributed by atoms with van der Waals surface area (Å²) in [5.41, 5.74) is 6.52. The Balaban J connectivity index is 1.37. The average molecular weight is 368 g/mol. The molecule has 1 fully saturated rings.